The zero-order valence-corrected chi connectivity index (χ0v) is 63.7. The molecule has 14 bridgehead atoms. The standard InChI is InChI=1S/C69H114O36/c1-71-26-34-41-48(77-7)56(85-15)64(93-34)101-43-36(28-73-3)95-66(58(87-17)50(43)79-9)103-45-38(30-75-5)97-68(60(89-19)52(45)81-11)105-47-40(32-91-62(70)33-24-22-21-23-25-33)98-69(61(90-20)54(47)83-13)104-46-39(31-76-6)96-67(59(88-18)53(46)82-12)102-44-37(29-74-4)94-65(57(86-16)51(44)80-10)100-42-35(27-72-2)92-63(99-41)55(84-14)49(42)78-8/h21-25,34-61,63-69H,26-32H2,1-20H3/t34-,35-,36-,37-,38-,39-,40-,41-,42-,43-,44-,45-,46-,47-,48+,49+,50+,51+,52+,53+,54+,55-,56-,57-,58-,59-,60-,61-,63-,64-,65-,66-,67-,68-,69-/m1/s1. The molecule has 22 rings (SSSR count). The molecular weight excluding hydrogens is 1400 g/mol. The molecule has 0 saturated carbocycles. The third kappa shape index (κ3) is 19.2. The topological polar surface area (TPSA) is 340 Å². The summed E-state index contributed by atoms with van der Waals surface area (Å²) in [7, 11) is 29.8. The van der Waals surface area contributed by atoms with Gasteiger partial charge in [0.25, 0.3) is 0 Å². The van der Waals surface area contributed by atoms with Gasteiger partial charge in [-0.3, -0.25) is 0 Å². The molecule has 36 heteroatoms. The van der Waals surface area contributed by atoms with E-state index in [1.807, 2.05) is 0 Å². The Balaban J connectivity index is 1.15. The summed E-state index contributed by atoms with van der Waals surface area (Å²) in [6.07, 6.45) is -38.3. The van der Waals surface area contributed by atoms with E-state index in [-0.39, 0.29) is 45.2 Å². The van der Waals surface area contributed by atoms with E-state index in [2.05, 4.69) is 0 Å². The van der Waals surface area contributed by atoms with E-state index in [0.29, 0.717) is 0 Å². The number of benzene rings is 1. The van der Waals surface area contributed by atoms with Crippen LogP contribution in [-0.4, -0.2) is 409 Å². The van der Waals surface area contributed by atoms with Crippen LogP contribution in [0.15, 0.2) is 30.3 Å². The first-order valence-electron chi connectivity index (χ1n) is 34.8. The van der Waals surface area contributed by atoms with Gasteiger partial charge >= 0.3 is 5.97 Å². The average Bonchev–Trinajstić information content (AvgIpc) is 0.776. The summed E-state index contributed by atoms with van der Waals surface area (Å²) in [5.41, 5.74) is 0.268. The average molecular weight is 1520 g/mol. The molecule has 0 aliphatic carbocycles. The van der Waals surface area contributed by atoms with Gasteiger partial charge in [-0.15, -0.1) is 0 Å². The molecule has 21 fully saturated rings. The van der Waals surface area contributed by atoms with Crippen LogP contribution in [0.3, 0.4) is 0 Å². The SMILES string of the molecule is COC[C@H]1O[C@@H]2O[C@H]3[C@H](OC)[C@@H](OC)[C@@H](O[C@H]4[C@H](OC)[C@@H](OC)[C@@H](O[C@H]5[C@H](OC)[C@@H](OC)[C@@H](O[C@H]6[C@H](OC)[C@@H](OC)[C@@H](O[C@H]7[C@H](OC)[C@@H](OC)[C@@H](O[C@H]8[C@H](OC)[C@@H](OC)[C@@H](O[C@H]1[C@H](OC)[C@H]2OC)O[C@@H]8COC)O[C@@H]7COC)O[C@@H]6COC)O[C@@H]5COC(=O)c1ccccc1)O[C@@H]4COC)O[C@@H]3COC. The Labute approximate surface area is 614 Å². The molecule has 0 unspecified atom stereocenters. The molecule has 1 aromatic carbocycles. The number of hydrogen-bond donors (Lipinski definition) is 0. The van der Waals surface area contributed by atoms with Crippen molar-refractivity contribution in [1.29, 1.82) is 0 Å². The molecule has 0 spiro atoms. The number of carbonyl (C=O) groups excluding carboxylic acids is 1. The highest BCUT2D eigenvalue weighted by atomic mass is 16.8. The van der Waals surface area contributed by atoms with Gasteiger partial charge in [0.2, 0.25) is 0 Å². The highest BCUT2D eigenvalue weighted by Gasteiger charge is 2.62. The lowest BCUT2D eigenvalue weighted by atomic mass is 9.94. The Morgan fingerprint density at radius 1 is 0.229 bits per heavy atom. The van der Waals surface area contributed by atoms with Gasteiger partial charge in [-0.1, -0.05) is 18.2 Å². The molecule has 1 aromatic rings. The monoisotopic (exact) mass is 1520 g/mol. The van der Waals surface area contributed by atoms with E-state index < -0.39 is 228 Å². The third-order valence-electron chi connectivity index (χ3n) is 20.4. The molecule has 606 valence electrons. The lowest BCUT2D eigenvalue weighted by Crippen LogP contribution is -2.69. The molecule has 35 atom stereocenters. The van der Waals surface area contributed by atoms with Crippen LogP contribution in [0.2, 0.25) is 0 Å². The molecule has 105 heavy (non-hydrogen) atoms. The van der Waals surface area contributed by atoms with Crippen LogP contribution in [0.25, 0.3) is 0 Å². The molecule has 0 amide bonds. The Morgan fingerprint density at radius 3 is 0.543 bits per heavy atom. The zero-order valence-electron chi connectivity index (χ0n) is 63.7. The Hall–Kier alpha value is -2.67. The Morgan fingerprint density at radius 2 is 0.390 bits per heavy atom. The van der Waals surface area contributed by atoms with Crippen molar-refractivity contribution in [3.63, 3.8) is 0 Å². The van der Waals surface area contributed by atoms with Crippen molar-refractivity contribution >= 4 is 5.97 Å². The summed E-state index contributed by atoms with van der Waals surface area (Å²) in [4.78, 5) is 14.0. The van der Waals surface area contributed by atoms with Crippen molar-refractivity contribution in [2.75, 3.05) is 188 Å². The second kappa shape index (κ2) is 42.3. The predicted octanol–water partition coefficient (Wildman–Crippen LogP) is -0.284. The normalized spacial score (nSPS) is 43.7. The van der Waals surface area contributed by atoms with Gasteiger partial charge in [0.05, 0.1) is 45.2 Å². The van der Waals surface area contributed by atoms with Crippen LogP contribution in [0.4, 0.5) is 0 Å². The summed E-state index contributed by atoms with van der Waals surface area (Å²) in [5, 5.41) is 0. The minimum Gasteiger partial charge on any atom is -0.459 e. The summed E-state index contributed by atoms with van der Waals surface area (Å²) in [6.45, 7) is -0.871. The summed E-state index contributed by atoms with van der Waals surface area (Å²) >= 11 is 0. The number of methoxy groups -OCH3 is 20. The predicted molar refractivity (Wildman–Crippen MR) is 354 cm³/mol. The van der Waals surface area contributed by atoms with Gasteiger partial charge in [-0.25, -0.2) is 4.79 Å². The van der Waals surface area contributed by atoms with Crippen molar-refractivity contribution in [2.24, 2.45) is 0 Å². The minimum absolute atomic E-state index is 0.0549. The number of rotatable bonds is 29. The molecular formula is C69H114O36. The van der Waals surface area contributed by atoms with Gasteiger partial charge in [0.1, 0.15) is 178 Å². The molecule has 21 aliphatic rings. The molecule has 0 radical (unpaired) electrons. The Kier molecular flexibility index (Phi) is 34.8. The maximum atomic E-state index is 14.0. The van der Waals surface area contributed by atoms with Crippen LogP contribution in [0, 0.1) is 0 Å². The molecule has 0 aromatic heterocycles. The quantitative estimate of drug-likeness (QED) is 0.0931. The van der Waals surface area contributed by atoms with Crippen LogP contribution >= 0.6 is 0 Å². The molecule has 21 aliphatic heterocycles. The lowest BCUT2D eigenvalue weighted by Gasteiger charge is -2.52. The van der Waals surface area contributed by atoms with Gasteiger partial charge in [0.15, 0.2) is 44.0 Å². The van der Waals surface area contributed by atoms with Crippen molar-refractivity contribution in [2.45, 2.75) is 215 Å². The molecule has 36 nitrogen and oxygen atoms in total. The molecule has 0 N–H and O–H groups in total. The van der Waals surface area contributed by atoms with Crippen molar-refractivity contribution in [3.8, 4) is 0 Å². The van der Waals surface area contributed by atoms with Gasteiger partial charge in [-0.05, 0) is 12.1 Å². The van der Waals surface area contributed by atoms with Crippen molar-refractivity contribution in [3.05, 3.63) is 35.9 Å². The smallest absolute Gasteiger partial charge is 0.338 e. The fourth-order valence-corrected chi connectivity index (χ4v) is 15.5. The van der Waals surface area contributed by atoms with Gasteiger partial charge in [-0.2, -0.15) is 0 Å². The summed E-state index contributed by atoms with van der Waals surface area (Å²) < 4.78 is 227. The second-order valence-corrected chi connectivity index (χ2v) is 26.0. The van der Waals surface area contributed by atoms with E-state index >= 15 is 0 Å². The van der Waals surface area contributed by atoms with Crippen molar-refractivity contribution < 1.29 is 171 Å². The minimum atomic E-state index is -1.38. The second-order valence-electron chi connectivity index (χ2n) is 26.0. The van der Waals surface area contributed by atoms with Crippen LogP contribution in [0.5, 0.6) is 0 Å². The fourth-order valence-electron chi connectivity index (χ4n) is 15.5. The number of ether oxygens (including phenoxy) is 35. The number of esters is 1. The third-order valence-corrected chi connectivity index (χ3v) is 20.4. The zero-order chi connectivity index (χ0) is 75.6. The maximum absolute atomic E-state index is 14.0. The Bertz CT molecular complexity index is 2600. The summed E-state index contributed by atoms with van der Waals surface area (Å²) in [6, 6.07) is 8.44. The van der Waals surface area contributed by atoms with E-state index in [4.69, 9.17) is 166 Å². The van der Waals surface area contributed by atoms with Crippen LogP contribution < -0.4 is 0 Å². The number of carbonyl (C=O) groups is 1. The first-order valence-corrected chi connectivity index (χ1v) is 34.8. The van der Waals surface area contributed by atoms with E-state index in [9.17, 15) is 4.79 Å². The van der Waals surface area contributed by atoms with Crippen LogP contribution in [0.1, 0.15) is 10.4 Å². The van der Waals surface area contributed by atoms with E-state index in [1.165, 1.54) is 142 Å². The first-order chi connectivity index (χ1) is 51.1. The van der Waals surface area contributed by atoms with E-state index in [1.54, 1.807) is 30.3 Å². The van der Waals surface area contributed by atoms with Gasteiger partial charge < -0.3 is 166 Å². The maximum Gasteiger partial charge on any atom is 0.338 e. The first kappa shape index (κ1) is 86.3. The highest BCUT2D eigenvalue weighted by Crippen LogP contribution is 2.43. The van der Waals surface area contributed by atoms with E-state index in [0.717, 1.165) is 0 Å². The molecule has 21 heterocycles. The number of hydrogen-bond acceptors (Lipinski definition) is 36. The molecule has 21 saturated heterocycles. The fraction of sp³-hybridized carbons (Fsp3) is 0.899. The van der Waals surface area contributed by atoms with Crippen molar-refractivity contribution in [1.82, 2.24) is 0 Å². The largest absolute Gasteiger partial charge is 0.459 e. The highest BCUT2D eigenvalue weighted by molar-refractivity contribution is 5.89. The summed E-state index contributed by atoms with van der Waals surface area (Å²) in [5.74, 6) is -0.666. The lowest BCUT2D eigenvalue weighted by molar-refractivity contribution is -0.402. The van der Waals surface area contributed by atoms with Crippen LogP contribution in [-0.2, 0) is 166 Å². The van der Waals surface area contributed by atoms with Gasteiger partial charge in [0, 0.05) is 142 Å².